The van der Waals surface area contributed by atoms with E-state index in [0.29, 0.717) is 28.1 Å². The number of anilines is 1. The van der Waals surface area contributed by atoms with Crippen LogP contribution in [0.4, 0.5) is 5.69 Å². The van der Waals surface area contributed by atoms with Gasteiger partial charge in [0, 0.05) is 15.8 Å². The fourth-order valence-electron chi connectivity index (χ4n) is 2.87. The summed E-state index contributed by atoms with van der Waals surface area (Å²) in [5.74, 6) is 0.279. The number of hydrogen-bond donors (Lipinski definition) is 2. The highest BCUT2D eigenvalue weighted by atomic mass is 127. The van der Waals surface area contributed by atoms with E-state index in [0.717, 1.165) is 9.26 Å². The van der Waals surface area contributed by atoms with Gasteiger partial charge in [0.05, 0.1) is 22.4 Å². The van der Waals surface area contributed by atoms with Crippen LogP contribution in [0.25, 0.3) is 0 Å². The first-order valence-electron chi connectivity index (χ1n) is 9.66. The maximum absolute atomic E-state index is 12.6. The first-order valence-corrected chi connectivity index (χ1v) is 12.1. The van der Waals surface area contributed by atoms with Gasteiger partial charge in [-0.2, -0.15) is 0 Å². The second-order valence-corrected chi connectivity index (χ2v) is 9.35. The van der Waals surface area contributed by atoms with Gasteiger partial charge >= 0.3 is 0 Å². The standard InChI is InChI=1S/C22H21ClIN5O2S/c1-3-12-29-20(14(2)25-21(31)17-6-4-5-7-18(17)23)27-28-22(29)32-13-19(30)26-16-10-8-15(24)9-11-16/h3-11,14H,1,12-13H2,2H3,(H,25,31)(H,26,30)/t14-/m0/s1. The van der Waals surface area contributed by atoms with Gasteiger partial charge in [-0.15, -0.1) is 16.8 Å². The highest BCUT2D eigenvalue weighted by Gasteiger charge is 2.21. The van der Waals surface area contributed by atoms with Crippen LogP contribution in [0.1, 0.15) is 29.1 Å². The molecule has 0 bridgehead atoms. The van der Waals surface area contributed by atoms with Gasteiger partial charge in [-0.05, 0) is 65.9 Å². The average molecular weight is 582 g/mol. The molecular weight excluding hydrogens is 561 g/mol. The minimum absolute atomic E-state index is 0.147. The summed E-state index contributed by atoms with van der Waals surface area (Å²) in [6, 6.07) is 14.0. The topological polar surface area (TPSA) is 88.9 Å². The van der Waals surface area contributed by atoms with Crippen molar-refractivity contribution in [1.82, 2.24) is 20.1 Å². The molecule has 0 aliphatic carbocycles. The molecule has 3 rings (SSSR count). The van der Waals surface area contributed by atoms with Crippen LogP contribution in [-0.2, 0) is 11.3 Å². The van der Waals surface area contributed by atoms with Crippen molar-refractivity contribution < 1.29 is 9.59 Å². The highest BCUT2D eigenvalue weighted by molar-refractivity contribution is 14.1. The third kappa shape index (κ3) is 6.33. The largest absolute Gasteiger partial charge is 0.342 e. The van der Waals surface area contributed by atoms with Gasteiger partial charge in [-0.25, -0.2) is 0 Å². The van der Waals surface area contributed by atoms with Crippen LogP contribution in [0, 0.1) is 3.57 Å². The summed E-state index contributed by atoms with van der Waals surface area (Å²) < 4.78 is 2.92. The third-order valence-electron chi connectivity index (χ3n) is 4.37. The Hall–Kier alpha value is -2.37. The molecule has 10 heteroatoms. The lowest BCUT2D eigenvalue weighted by Crippen LogP contribution is -2.29. The molecule has 0 radical (unpaired) electrons. The molecule has 0 fully saturated rings. The fraction of sp³-hybridized carbons (Fsp3) is 0.182. The number of carbonyl (C=O) groups excluding carboxylic acids is 2. The first kappa shape index (κ1) is 24.3. The third-order valence-corrected chi connectivity index (χ3v) is 6.39. The van der Waals surface area contributed by atoms with Gasteiger partial charge < -0.3 is 15.2 Å². The smallest absolute Gasteiger partial charge is 0.253 e. The van der Waals surface area contributed by atoms with Crippen molar-refractivity contribution in [2.75, 3.05) is 11.1 Å². The fourth-order valence-corrected chi connectivity index (χ4v) is 4.21. The van der Waals surface area contributed by atoms with E-state index in [1.165, 1.54) is 11.8 Å². The molecule has 2 N–H and O–H groups in total. The van der Waals surface area contributed by atoms with Crippen molar-refractivity contribution in [2.24, 2.45) is 0 Å². The number of thioether (sulfide) groups is 1. The SMILES string of the molecule is C=CCn1c(SCC(=O)Nc2ccc(I)cc2)nnc1[C@H](C)NC(=O)c1ccccc1Cl. The first-order chi connectivity index (χ1) is 15.4. The maximum atomic E-state index is 12.6. The number of benzene rings is 2. The molecule has 0 saturated carbocycles. The van der Waals surface area contributed by atoms with Crippen molar-refractivity contribution >= 4 is 63.5 Å². The summed E-state index contributed by atoms with van der Waals surface area (Å²) >= 11 is 9.60. The van der Waals surface area contributed by atoms with E-state index in [2.05, 4.69) is 50.0 Å². The predicted octanol–water partition coefficient (Wildman–Crippen LogP) is 4.94. The van der Waals surface area contributed by atoms with E-state index in [9.17, 15) is 9.59 Å². The van der Waals surface area contributed by atoms with Crippen LogP contribution in [-0.4, -0.2) is 32.3 Å². The molecule has 32 heavy (non-hydrogen) atoms. The van der Waals surface area contributed by atoms with Gasteiger partial charge in [0.25, 0.3) is 5.91 Å². The van der Waals surface area contributed by atoms with Crippen molar-refractivity contribution in [3.05, 3.63) is 81.2 Å². The Balaban J connectivity index is 1.67. The number of amides is 2. The molecule has 0 aliphatic rings. The van der Waals surface area contributed by atoms with Gasteiger partial charge in [0.15, 0.2) is 11.0 Å². The molecule has 2 aromatic carbocycles. The Morgan fingerprint density at radius 1 is 1.22 bits per heavy atom. The van der Waals surface area contributed by atoms with Crippen LogP contribution in [0.2, 0.25) is 5.02 Å². The molecule has 166 valence electrons. The van der Waals surface area contributed by atoms with Crippen LogP contribution < -0.4 is 10.6 Å². The Bertz CT molecular complexity index is 1120. The molecular formula is C22H21ClIN5O2S. The van der Waals surface area contributed by atoms with Gasteiger partial charge in [0.2, 0.25) is 5.91 Å². The van der Waals surface area contributed by atoms with E-state index in [1.54, 1.807) is 30.3 Å². The molecule has 1 aromatic heterocycles. The van der Waals surface area contributed by atoms with E-state index in [4.69, 9.17) is 11.6 Å². The van der Waals surface area contributed by atoms with E-state index < -0.39 is 6.04 Å². The lowest BCUT2D eigenvalue weighted by molar-refractivity contribution is -0.113. The van der Waals surface area contributed by atoms with Crippen molar-refractivity contribution in [2.45, 2.75) is 24.7 Å². The normalized spacial score (nSPS) is 11.6. The van der Waals surface area contributed by atoms with Crippen molar-refractivity contribution in [3.63, 3.8) is 0 Å². The molecule has 0 unspecified atom stereocenters. The zero-order valence-corrected chi connectivity index (χ0v) is 20.9. The zero-order chi connectivity index (χ0) is 23.1. The summed E-state index contributed by atoms with van der Waals surface area (Å²) in [6.07, 6.45) is 1.71. The van der Waals surface area contributed by atoms with Crippen LogP contribution >= 0.6 is 46.0 Å². The number of nitrogens with zero attached hydrogens (tertiary/aromatic N) is 3. The molecule has 1 heterocycles. The average Bonchev–Trinajstić information content (AvgIpc) is 3.17. The zero-order valence-electron chi connectivity index (χ0n) is 17.2. The molecule has 0 aliphatic heterocycles. The second kappa shape index (κ2) is 11.5. The molecule has 0 saturated heterocycles. The number of nitrogens with one attached hydrogen (secondary N) is 2. The summed E-state index contributed by atoms with van der Waals surface area (Å²) in [7, 11) is 0. The van der Waals surface area contributed by atoms with E-state index in [1.807, 2.05) is 35.8 Å². The lowest BCUT2D eigenvalue weighted by atomic mass is 10.2. The number of carbonyl (C=O) groups is 2. The second-order valence-electron chi connectivity index (χ2n) is 6.76. The minimum Gasteiger partial charge on any atom is -0.342 e. The Morgan fingerprint density at radius 3 is 2.62 bits per heavy atom. The number of allylic oxidation sites excluding steroid dienone is 1. The summed E-state index contributed by atoms with van der Waals surface area (Å²) in [5.41, 5.74) is 1.12. The number of halogens is 2. The van der Waals surface area contributed by atoms with Gasteiger partial charge in [0.1, 0.15) is 0 Å². The van der Waals surface area contributed by atoms with Crippen molar-refractivity contribution in [1.29, 1.82) is 0 Å². The molecule has 3 aromatic rings. The Labute approximate surface area is 209 Å². The summed E-state index contributed by atoms with van der Waals surface area (Å²) in [6.45, 7) is 6.04. The monoisotopic (exact) mass is 581 g/mol. The number of hydrogen-bond acceptors (Lipinski definition) is 5. The van der Waals surface area contributed by atoms with Gasteiger partial charge in [-0.1, -0.05) is 41.6 Å². The summed E-state index contributed by atoms with van der Waals surface area (Å²) in [4.78, 5) is 24.9. The minimum atomic E-state index is -0.429. The predicted molar refractivity (Wildman–Crippen MR) is 136 cm³/mol. The van der Waals surface area contributed by atoms with E-state index >= 15 is 0 Å². The van der Waals surface area contributed by atoms with E-state index in [-0.39, 0.29) is 17.6 Å². The maximum Gasteiger partial charge on any atom is 0.253 e. The number of rotatable bonds is 9. The highest BCUT2D eigenvalue weighted by Crippen LogP contribution is 2.22. The Kier molecular flexibility index (Phi) is 8.71. The molecule has 1 atom stereocenters. The van der Waals surface area contributed by atoms with Gasteiger partial charge in [-0.3, -0.25) is 9.59 Å². The van der Waals surface area contributed by atoms with Crippen molar-refractivity contribution in [3.8, 4) is 0 Å². The molecule has 2 amide bonds. The quantitative estimate of drug-likeness (QED) is 0.212. The number of aromatic nitrogens is 3. The molecule has 0 spiro atoms. The Morgan fingerprint density at radius 2 is 1.94 bits per heavy atom. The van der Waals surface area contributed by atoms with Crippen LogP contribution in [0.5, 0.6) is 0 Å². The van der Waals surface area contributed by atoms with Crippen LogP contribution in [0.3, 0.4) is 0 Å². The lowest BCUT2D eigenvalue weighted by Gasteiger charge is -2.15. The molecule has 7 nitrogen and oxygen atoms in total. The van der Waals surface area contributed by atoms with Crippen LogP contribution in [0.15, 0.2) is 66.3 Å². The summed E-state index contributed by atoms with van der Waals surface area (Å²) in [5, 5.41) is 15.2.